The highest BCUT2D eigenvalue weighted by molar-refractivity contribution is 7.80. The second-order valence-corrected chi connectivity index (χ2v) is 6.22. The number of fused-ring (bicyclic) bond motifs is 1. The summed E-state index contributed by atoms with van der Waals surface area (Å²) in [5.41, 5.74) is 6.97. The van der Waals surface area contributed by atoms with E-state index in [1.807, 2.05) is 6.92 Å². The SMILES string of the molecule is CCCC(C(=O)Nc1c(Cl)cc(Cl)c2nsnc12)C(N)=S. The Kier molecular flexibility index (Phi) is 5.32. The van der Waals surface area contributed by atoms with Crippen molar-refractivity contribution in [3.8, 4) is 0 Å². The van der Waals surface area contributed by atoms with E-state index in [9.17, 15) is 4.79 Å². The number of aromatic nitrogens is 2. The molecule has 0 aliphatic carbocycles. The lowest BCUT2D eigenvalue weighted by molar-refractivity contribution is -0.118. The first-order chi connectivity index (χ1) is 9.95. The van der Waals surface area contributed by atoms with Crippen LogP contribution in [0.4, 0.5) is 5.69 Å². The Labute approximate surface area is 141 Å². The molecule has 0 bridgehead atoms. The van der Waals surface area contributed by atoms with E-state index in [0.717, 1.165) is 18.1 Å². The number of carbonyl (C=O) groups excluding carboxylic acids is 1. The zero-order valence-electron chi connectivity index (χ0n) is 11.0. The largest absolute Gasteiger partial charge is 0.393 e. The van der Waals surface area contributed by atoms with Crippen LogP contribution < -0.4 is 11.1 Å². The summed E-state index contributed by atoms with van der Waals surface area (Å²) in [6, 6.07) is 1.53. The number of carbonyl (C=O) groups is 1. The zero-order chi connectivity index (χ0) is 15.6. The molecule has 1 amide bonds. The van der Waals surface area contributed by atoms with E-state index in [2.05, 4.69) is 14.1 Å². The number of thiocarbonyl (C=S) groups is 1. The van der Waals surface area contributed by atoms with Crippen molar-refractivity contribution in [2.24, 2.45) is 11.7 Å². The van der Waals surface area contributed by atoms with Gasteiger partial charge >= 0.3 is 0 Å². The Morgan fingerprint density at radius 3 is 2.71 bits per heavy atom. The minimum absolute atomic E-state index is 0.159. The second-order valence-electron chi connectivity index (χ2n) is 4.41. The van der Waals surface area contributed by atoms with Crippen LogP contribution in [-0.4, -0.2) is 19.6 Å². The van der Waals surface area contributed by atoms with Gasteiger partial charge < -0.3 is 11.1 Å². The van der Waals surface area contributed by atoms with E-state index in [1.165, 1.54) is 6.07 Å². The molecule has 0 spiro atoms. The maximum absolute atomic E-state index is 12.3. The smallest absolute Gasteiger partial charge is 0.234 e. The van der Waals surface area contributed by atoms with Gasteiger partial charge in [-0.1, -0.05) is 48.8 Å². The highest BCUT2D eigenvalue weighted by Crippen LogP contribution is 2.35. The van der Waals surface area contributed by atoms with Crippen LogP contribution in [0, 0.1) is 5.92 Å². The molecule has 1 heterocycles. The van der Waals surface area contributed by atoms with Crippen molar-refractivity contribution < 1.29 is 4.79 Å². The quantitative estimate of drug-likeness (QED) is 0.793. The number of benzene rings is 1. The predicted molar refractivity (Wildman–Crippen MR) is 91.2 cm³/mol. The molecule has 0 fully saturated rings. The van der Waals surface area contributed by atoms with Gasteiger partial charge in [0.05, 0.1) is 38.4 Å². The predicted octanol–water partition coefficient (Wildman–Crippen LogP) is 3.64. The molecular formula is C12H12Cl2N4OS2. The number of halogens is 2. The lowest BCUT2D eigenvalue weighted by atomic mass is 10.0. The molecular weight excluding hydrogens is 351 g/mol. The van der Waals surface area contributed by atoms with E-state index in [-0.39, 0.29) is 10.9 Å². The van der Waals surface area contributed by atoms with Crippen LogP contribution in [0.15, 0.2) is 6.07 Å². The van der Waals surface area contributed by atoms with Crippen LogP contribution in [0.25, 0.3) is 11.0 Å². The zero-order valence-corrected chi connectivity index (χ0v) is 14.2. The molecule has 21 heavy (non-hydrogen) atoms. The number of hydrogen-bond donors (Lipinski definition) is 2. The molecule has 1 unspecified atom stereocenters. The van der Waals surface area contributed by atoms with Crippen molar-refractivity contribution >= 4 is 74.8 Å². The monoisotopic (exact) mass is 362 g/mol. The van der Waals surface area contributed by atoms with Crippen molar-refractivity contribution in [1.29, 1.82) is 0 Å². The molecule has 1 atom stereocenters. The number of amides is 1. The minimum Gasteiger partial charge on any atom is -0.393 e. The Hall–Kier alpha value is -1.02. The van der Waals surface area contributed by atoms with Crippen LogP contribution >= 0.6 is 47.1 Å². The third kappa shape index (κ3) is 3.42. The van der Waals surface area contributed by atoms with Crippen molar-refractivity contribution in [3.05, 3.63) is 16.1 Å². The number of hydrogen-bond acceptors (Lipinski definition) is 5. The third-order valence-electron chi connectivity index (χ3n) is 2.93. The summed E-state index contributed by atoms with van der Waals surface area (Å²) in [5, 5.41) is 3.43. The second kappa shape index (κ2) is 6.83. The fourth-order valence-electron chi connectivity index (χ4n) is 1.89. The molecule has 0 saturated carbocycles. The van der Waals surface area contributed by atoms with Crippen LogP contribution in [0.5, 0.6) is 0 Å². The summed E-state index contributed by atoms with van der Waals surface area (Å²) in [4.78, 5) is 12.5. The molecule has 3 N–H and O–H groups in total. The number of nitrogens with two attached hydrogens (primary N) is 1. The average Bonchev–Trinajstić information content (AvgIpc) is 2.89. The van der Waals surface area contributed by atoms with Crippen molar-refractivity contribution in [2.75, 3.05) is 5.32 Å². The van der Waals surface area contributed by atoms with Gasteiger partial charge in [-0.25, -0.2) is 0 Å². The fourth-order valence-corrected chi connectivity index (χ4v) is 3.28. The highest BCUT2D eigenvalue weighted by Gasteiger charge is 2.23. The standard InChI is InChI=1S/C12H12Cl2N4OS2/c1-2-3-5(11(15)20)12(19)16-8-6(13)4-7(14)9-10(8)18-21-17-9/h4-5H,2-3H2,1H3,(H2,15,20)(H,16,19). The van der Waals surface area contributed by atoms with Crippen LogP contribution in [0.2, 0.25) is 10.0 Å². The van der Waals surface area contributed by atoms with Gasteiger partial charge in [-0.15, -0.1) is 0 Å². The van der Waals surface area contributed by atoms with Gasteiger partial charge in [-0.2, -0.15) is 8.75 Å². The van der Waals surface area contributed by atoms with Crippen molar-refractivity contribution in [3.63, 3.8) is 0 Å². The molecule has 2 aromatic rings. The molecule has 1 aromatic heterocycles. The summed E-state index contributed by atoms with van der Waals surface area (Å²) in [6.07, 6.45) is 1.36. The van der Waals surface area contributed by atoms with Gasteiger partial charge in [-0.3, -0.25) is 4.79 Å². The first-order valence-electron chi connectivity index (χ1n) is 6.16. The summed E-state index contributed by atoms with van der Waals surface area (Å²) in [5.74, 6) is -0.846. The van der Waals surface area contributed by atoms with E-state index in [1.54, 1.807) is 0 Å². The number of nitrogens with one attached hydrogen (secondary N) is 1. The van der Waals surface area contributed by atoms with Gasteiger partial charge in [0.25, 0.3) is 0 Å². The average molecular weight is 363 g/mol. The number of anilines is 1. The Morgan fingerprint density at radius 1 is 1.43 bits per heavy atom. The van der Waals surface area contributed by atoms with E-state index >= 15 is 0 Å². The summed E-state index contributed by atoms with van der Waals surface area (Å²) >= 11 is 18.1. The molecule has 5 nitrogen and oxygen atoms in total. The summed E-state index contributed by atoms with van der Waals surface area (Å²) in [6.45, 7) is 1.95. The molecule has 0 aliphatic heterocycles. The number of nitrogens with zero attached hydrogens (tertiary/aromatic N) is 2. The lowest BCUT2D eigenvalue weighted by Gasteiger charge is -2.15. The molecule has 0 saturated heterocycles. The van der Waals surface area contributed by atoms with Crippen LogP contribution in [0.3, 0.4) is 0 Å². The first kappa shape index (κ1) is 16.4. The Bertz CT molecular complexity index is 704. The van der Waals surface area contributed by atoms with Gasteiger partial charge in [0, 0.05) is 0 Å². The van der Waals surface area contributed by atoms with Crippen LogP contribution in [-0.2, 0) is 4.79 Å². The molecule has 0 radical (unpaired) electrons. The normalized spacial score (nSPS) is 12.3. The van der Waals surface area contributed by atoms with Crippen molar-refractivity contribution in [2.45, 2.75) is 19.8 Å². The lowest BCUT2D eigenvalue weighted by Crippen LogP contribution is -2.33. The fraction of sp³-hybridized carbons (Fsp3) is 0.333. The highest BCUT2D eigenvalue weighted by atomic mass is 35.5. The molecule has 1 aromatic carbocycles. The van der Waals surface area contributed by atoms with Crippen molar-refractivity contribution in [1.82, 2.24) is 8.75 Å². The van der Waals surface area contributed by atoms with E-state index < -0.39 is 5.92 Å². The third-order valence-corrected chi connectivity index (χ3v) is 4.33. The van der Waals surface area contributed by atoms with E-state index in [0.29, 0.717) is 33.2 Å². The molecule has 2 rings (SSSR count). The summed E-state index contributed by atoms with van der Waals surface area (Å²) < 4.78 is 8.21. The Balaban J connectivity index is 2.37. The summed E-state index contributed by atoms with van der Waals surface area (Å²) in [7, 11) is 0. The van der Waals surface area contributed by atoms with Gasteiger partial charge in [-0.05, 0) is 12.5 Å². The van der Waals surface area contributed by atoms with E-state index in [4.69, 9.17) is 41.2 Å². The van der Waals surface area contributed by atoms with Crippen LogP contribution in [0.1, 0.15) is 19.8 Å². The molecule has 112 valence electrons. The molecule has 0 aliphatic rings. The van der Waals surface area contributed by atoms with Gasteiger partial charge in [0.1, 0.15) is 11.0 Å². The topological polar surface area (TPSA) is 80.9 Å². The molecule has 9 heteroatoms. The number of rotatable bonds is 5. The maximum Gasteiger partial charge on any atom is 0.234 e. The minimum atomic E-state index is -0.543. The first-order valence-corrected chi connectivity index (χ1v) is 8.05. The Morgan fingerprint density at radius 2 is 2.10 bits per heavy atom. The van der Waals surface area contributed by atoms with Gasteiger partial charge in [0.15, 0.2) is 0 Å². The maximum atomic E-state index is 12.3. The van der Waals surface area contributed by atoms with Gasteiger partial charge in [0.2, 0.25) is 5.91 Å².